The van der Waals surface area contributed by atoms with Gasteiger partial charge in [0, 0.05) is 4.75 Å². The van der Waals surface area contributed by atoms with E-state index in [-0.39, 0.29) is 27.6 Å². The summed E-state index contributed by atoms with van der Waals surface area (Å²) in [6, 6.07) is 0. The topological polar surface area (TPSA) is 91.3 Å². The molecule has 1 saturated carbocycles. The Morgan fingerprint density at radius 3 is 3.06 bits per heavy atom. The van der Waals surface area contributed by atoms with Crippen molar-refractivity contribution in [3.8, 4) is 0 Å². The van der Waals surface area contributed by atoms with E-state index >= 15 is 4.39 Å². The highest BCUT2D eigenvalue weighted by Crippen LogP contribution is 2.76. The summed E-state index contributed by atoms with van der Waals surface area (Å²) in [6.07, 6.45) is 2.11. The molecule has 0 unspecified atom stereocenters. The zero-order valence-corrected chi connectivity index (χ0v) is 21.3. The van der Waals surface area contributed by atoms with Crippen molar-refractivity contribution in [2.75, 3.05) is 0 Å². The van der Waals surface area contributed by atoms with Gasteiger partial charge in [0.2, 0.25) is 5.69 Å². The van der Waals surface area contributed by atoms with Gasteiger partial charge < -0.3 is 18.8 Å². The number of allylic oxidation sites excluding steroid dienone is 1. The van der Waals surface area contributed by atoms with E-state index in [0.29, 0.717) is 12.3 Å². The average Bonchev–Trinajstić information content (AvgIpc) is 3.39. The molecule has 2 saturated heterocycles. The molecule has 8 nitrogen and oxygen atoms in total. The largest absolute Gasteiger partial charge is 0.349 e. The molecule has 8 atom stereocenters. The van der Waals surface area contributed by atoms with Crippen LogP contribution in [0.4, 0.5) is 4.39 Å². The van der Waals surface area contributed by atoms with E-state index in [1.54, 1.807) is 11.4 Å². The number of ether oxygens (including phenoxy) is 1. The predicted molar refractivity (Wildman–Crippen MR) is 129 cm³/mol. The first-order valence-electron chi connectivity index (χ1n) is 11.2. The van der Waals surface area contributed by atoms with E-state index in [1.807, 2.05) is 6.92 Å². The third-order valence-electron chi connectivity index (χ3n) is 7.00. The standard InChI is InChI=1S/C21H28FN4O4PS2/c1-5-13-17(15(22)20(28-13)26-10-25-16-18(26)23-9-24-19(16)27)30-31(32)29-14-8-12(11(2)3)6-7-21(14,4)33-31/h9-10,12-15,17,20H,2,5-8H2,1,3-4H3,(H,23,24,27)/t12-,13+,14+,15+,17+,20+,21+,31-/m0/s1. The van der Waals surface area contributed by atoms with Crippen LogP contribution in [0.1, 0.15) is 52.7 Å². The quantitative estimate of drug-likeness (QED) is 0.456. The molecule has 0 spiro atoms. The van der Waals surface area contributed by atoms with Crippen LogP contribution in [0.15, 0.2) is 29.6 Å². The zero-order chi connectivity index (χ0) is 23.5. The van der Waals surface area contributed by atoms with Crippen LogP contribution < -0.4 is 5.56 Å². The van der Waals surface area contributed by atoms with Gasteiger partial charge in [-0.15, -0.1) is 0 Å². The second-order valence-electron chi connectivity index (χ2n) is 9.31. The van der Waals surface area contributed by atoms with Gasteiger partial charge in [-0.25, -0.2) is 14.4 Å². The molecule has 180 valence electrons. The Hall–Kier alpha value is -1.10. The molecule has 2 aliphatic heterocycles. The maximum Gasteiger partial charge on any atom is 0.278 e. The molecule has 12 heteroatoms. The number of nitrogens with one attached hydrogen (secondary N) is 1. The molecule has 2 aromatic rings. The molecule has 0 aromatic carbocycles. The van der Waals surface area contributed by atoms with Gasteiger partial charge in [-0.1, -0.05) is 30.5 Å². The van der Waals surface area contributed by atoms with Gasteiger partial charge in [-0.3, -0.25) is 9.36 Å². The lowest BCUT2D eigenvalue weighted by molar-refractivity contribution is -0.0224. The summed E-state index contributed by atoms with van der Waals surface area (Å²) in [5.74, 6) is 0.409. The smallest absolute Gasteiger partial charge is 0.278 e. The first-order chi connectivity index (χ1) is 15.6. The zero-order valence-electron chi connectivity index (χ0n) is 18.8. The van der Waals surface area contributed by atoms with Crippen LogP contribution >= 0.6 is 17.1 Å². The number of hydrogen-bond donors (Lipinski definition) is 1. The fraction of sp³-hybridized carbons (Fsp3) is 0.667. The summed E-state index contributed by atoms with van der Waals surface area (Å²) < 4.78 is 35.9. The highest BCUT2D eigenvalue weighted by atomic mass is 32.9. The molecule has 0 amide bonds. The molecule has 5 rings (SSSR count). The molecule has 33 heavy (non-hydrogen) atoms. The van der Waals surface area contributed by atoms with E-state index in [2.05, 4.69) is 35.4 Å². The SMILES string of the molecule is C=C(C)[C@H]1CC[C@@]2(C)S[P@](=S)(O[C@H]3[C@@H](F)[C@H](n4cnc5c(=O)[nH]cnc54)O[C@@H]3CC)O[C@@H]2C1. The van der Waals surface area contributed by atoms with Gasteiger partial charge in [0.05, 0.1) is 24.9 Å². The molecule has 3 fully saturated rings. The van der Waals surface area contributed by atoms with E-state index in [0.717, 1.165) is 24.8 Å². The summed E-state index contributed by atoms with van der Waals surface area (Å²) in [5.41, 5.74) is -1.61. The number of imidazole rings is 1. The second-order valence-corrected chi connectivity index (χ2v) is 15.9. The van der Waals surface area contributed by atoms with Gasteiger partial charge in [0.25, 0.3) is 5.56 Å². The van der Waals surface area contributed by atoms with Gasteiger partial charge in [-0.2, -0.15) is 0 Å². The van der Waals surface area contributed by atoms with Gasteiger partial charge in [0.1, 0.15) is 6.10 Å². The van der Waals surface area contributed by atoms with Crippen molar-refractivity contribution in [1.29, 1.82) is 0 Å². The number of fused-ring (bicyclic) bond motifs is 2. The Balaban J connectivity index is 1.38. The summed E-state index contributed by atoms with van der Waals surface area (Å²) >= 11 is 7.46. The third-order valence-corrected chi connectivity index (χ3v) is 12.7. The van der Waals surface area contributed by atoms with Gasteiger partial charge >= 0.3 is 0 Å². The maximum atomic E-state index is 15.8. The number of H-pyrrole nitrogens is 1. The Morgan fingerprint density at radius 1 is 1.55 bits per heavy atom. The summed E-state index contributed by atoms with van der Waals surface area (Å²) in [5, 5.41) is 0. The third kappa shape index (κ3) is 4.04. The Bertz CT molecular complexity index is 1190. The molecule has 2 aromatic heterocycles. The lowest BCUT2D eigenvalue weighted by atomic mass is 9.77. The number of aromatic nitrogens is 4. The van der Waals surface area contributed by atoms with Crippen molar-refractivity contribution < 1.29 is 18.2 Å². The van der Waals surface area contributed by atoms with Crippen LogP contribution in [0.2, 0.25) is 0 Å². The minimum atomic E-state index is -2.79. The predicted octanol–water partition coefficient (Wildman–Crippen LogP) is 4.64. The van der Waals surface area contributed by atoms with Crippen molar-refractivity contribution in [2.45, 2.75) is 81.9 Å². The number of halogens is 1. The number of hydrogen-bond acceptors (Lipinski definition) is 8. The molecule has 1 aliphatic carbocycles. The van der Waals surface area contributed by atoms with Crippen LogP contribution in [-0.4, -0.2) is 48.7 Å². The first kappa shape index (κ1) is 23.6. The molecule has 3 aliphatic rings. The normalized spacial score (nSPS) is 40.8. The Morgan fingerprint density at radius 2 is 2.33 bits per heavy atom. The van der Waals surface area contributed by atoms with Crippen LogP contribution in [-0.2, 0) is 25.6 Å². The van der Waals surface area contributed by atoms with Crippen molar-refractivity contribution >= 4 is 40.0 Å². The molecule has 4 heterocycles. The monoisotopic (exact) mass is 514 g/mol. The lowest BCUT2D eigenvalue weighted by Crippen LogP contribution is -2.39. The van der Waals surface area contributed by atoms with Crippen molar-refractivity contribution in [3.63, 3.8) is 0 Å². The molecule has 0 radical (unpaired) electrons. The minimum Gasteiger partial charge on any atom is -0.349 e. The fourth-order valence-electron chi connectivity index (χ4n) is 5.00. The minimum absolute atomic E-state index is 0.0337. The maximum absolute atomic E-state index is 15.8. The second kappa shape index (κ2) is 8.53. The summed E-state index contributed by atoms with van der Waals surface area (Å²) in [4.78, 5) is 22.7. The molecule has 1 N–H and O–H groups in total. The number of alkyl halides is 1. The van der Waals surface area contributed by atoms with Gasteiger partial charge in [-0.05, 0) is 57.3 Å². The van der Waals surface area contributed by atoms with E-state index in [1.165, 1.54) is 17.2 Å². The van der Waals surface area contributed by atoms with Crippen LogP contribution in [0.5, 0.6) is 0 Å². The van der Waals surface area contributed by atoms with E-state index in [9.17, 15) is 4.79 Å². The lowest BCUT2D eigenvalue weighted by Gasteiger charge is -2.37. The highest BCUT2D eigenvalue weighted by molar-refractivity contribution is 8.68. The number of nitrogens with zero attached hydrogens (tertiary/aromatic N) is 3. The Labute approximate surface area is 200 Å². The van der Waals surface area contributed by atoms with Crippen molar-refractivity contribution in [1.82, 2.24) is 19.5 Å². The molecular formula is C21H28FN4O4PS2. The van der Waals surface area contributed by atoms with E-state index < -0.39 is 30.3 Å². The molecular weight excluding hydrogens is 486 g/mol. The number of rotatable bonds is 5. The van der Waals surface area contributed by atoms with E-state index in [4.69, 9.17) is 25.6 Å². The van der Waals surface area contributed by atoms with Crippen LogP contribution in [0, 0.1) is 5.92 Å². The average molecular weight is 515 g/mol. The summed E-state index contributed by atoms with van der Waals surface area (Å²) in [6.45, 7) is 10.3. The number of aromatic amines is 1. The highest BCUT2D eigenvalue weighted by Gasteiger charge is 2.56. The van der Waals surface area contributed by atoms with Crippen LogP contribution in [0.3, 0.4) is 0 Å². The van der Waals surface area contributed by atoms with Crippen molar-refractivity contribution in [3.05, 3.63) is 35.2 Å². The first-order valence-corrected chi connectivity index (χ1v) is 15.2. The fourth-order valence-corrected chi connectivity index (χ4v) is 12.5. The van der Waals surface area contributed by atoms with Crippen LogP contribution in [0.25, 0.3) is 11.2 Å². The Kier molecular flexibility index (Phi) is 6.11. The van der Waals surface area contributed by atoms with Gasteiger partial charge in [0.15, 0.2) is 23.6 Å². The summed E-state index contributed by atoms with van der Waals surface area (Å²) in [7, 11) is 0. The van der Waals surface area contributed by atoms with Crippen molar-refractivity contribution in [2.24, 2.45) is 5.92 Å². The molecule has 0 bridgehead atoms.